The highest BCUT2D eigenvalue weighted by Crippen LogP contribution is 2.25. The molecule has 1 unspecified atom stereocenters. The molecule has 1 fully saturated rings. The Balaban J connectivity index is 1.86. The zero-order chi connectivity index (χ0) is 22.1. The number of ketones is 1. The van der Waals surface area contributed by atoms with E-state index in [1.165, 1.54) is 0 Å². The van der Waals surface area contributed by atoms with E-state index < -0.39 is 17.7 Å². The highest BCUT2D eigenvalue weighted by Gasteiger charge is 2.47. The van der Waals surface area contributed by atoms with Crippen molar-refractivity contribution in [2.75, 3.05) is 6.61 Å². The van der Waals surface area contributed by atoms with Gasteiger partial charge in [-0.05, 0) is 42.5 Å². The minimum absolute atomic E-state index is 0.0236. The first kappa shape index (κ1) is 22.0. The minimum Gasteiger partial charge on any atom is -0.368 e. The van der Waals surface area contributed by atoms with Crippen LogP contribution in [0.15, 0.2) is 42.5 Å². The smallest absolute Gasteiger partial charge is 0.252 e. The summed E-state index contributed by atoms with van der Waals surface area (Å²) in [5.74, 6) is -0.867. The van der Waals surface area contributed by atoms with E-state index in [9.17, 15) is 14.4 Å². The monoisotopic (exact) mass is 410 g/mol. The van der Waals surface area contributed by atoms with Gasteiger partial charge in [0.2, 0.25) is 5.91 Å². The normalized spacial score (nSPS) is 22.7. The number of carbonyl (C=O) groups excluding carboxylic acids is 3. The predicted octanol–water partition coefficient (Wildman–Crippen LogP) is 3.24. The van der Waals surface area contributed by atoms with E-state index in [1.54, 1.807) is 19.9 Å². The van der Waals surface area contributed by atoms with Crippen LogP contribution in [0.3, 0.4) is 0 Å². The fraction of sp³-hybridized carbons (Fsp3) is 0.458. The number of carbonyl (C=O) groups is 3. The summed E-state index contributed by atoms with van der Waals surface area (Å²) in [5, 5.41) is 7.52. The SMILES string of the molecule is C[C@H]1OCC(=O)[C@]1(C)NC(=O)C(CC(C)(C)C)NC(=O)c1cccc2ccccc12. The number of Topliss-reactive ketones (excluding diaryl/α,β-unsaturated/α-hetero) is 1. The molecule has 0 radical (unpaired) electrons. The molecule has 1 saturated heterocycles. The first-order valence-corrected chi connectivity index (χ1v) is 10.3. The van der Waals surface area contributed by atoms with Crippen LogP contribution in [0.2, 0.25) is 0 Å². The maximum atomic E-state index is 13.2. The zero-order valence-electron chi connectivity index (χ0n) is 18.2. The summed E-state index contributed by atoms with van der Waals surface area (Å²) in [6.07, 6.45) is -0.00696. The van der Waals surface area contributed by atoms with E-state index in [4.69, 9.17) is 4.74 Å². The predicted molar refractivity (Wildman–Crippen MR) is 116 cm³/mol. The molecule has 0 spiro atoms. The van der Waals surface area contributed by atoms with Gasteiger partial charge >= 0.3 is 0 Å². The Morgan fingerprint density at radius 1 is 1.17 bits per heavy atom. The molecule has 1 aliphatic heterocycles. The van der Waals surface area contributed by atoms with Crippen molar-refractivity contribution in [1.29, 1.82) is 0 Å². The summed E-state index contributed by atoms with van der Waals surface area (Å²) in [6, 6.07) is 12.4. The number of benzene rings is 2. The molecule has 1 aliphatic rings. The Kier molecular flexibility index (Phi) is 5.99. The van der Waals surface area contributed by atoms with Gasteiger partial charge in [-0.3, -0.25) is 14.4 Å². The third-order valence-corrected chi connectivity index (χ3v) is 5.71. The number of rotatable bonds is 5. The largest absolute Gasteiger partial charge is 0.368 e. The molecule has 0 aromatic heterocycles. The molecule has 2 amide bonds. The quantitative estimate of drug-likeness (QED) is 0.793. The molecular weight excluding hydrogens is 380 g/mol. The Hall–Kier alpha value is -2.73. The molecule has 3 atom stereocenters. The fourth-order valence-electron chi connectivity index (χ4n) is 3.74. The number of nitrogens with one attached hydrogen (secondary N) is 2. The number of hydrogen-bond donors (Lipinski definition) is 2. The molecule has 3 rings (SSSR count). The summed E-state index contributed by atoms with van der Waals surface area (Å²) in [5.41, 5.74) is -0.798. The van der Waals surface area contributed by atoms with Crippen LogP contribution in [0.1, 0.15) is 51.4 Å². The molecule has 30 heavy (non-hydrogen) atoms. The first-order valence-electron chi connectivity index (χ1n) is 10.3. The summed E-state index contributed by atoms with van der Waals surface area (Å²) in [4.78, 5) is 38.6. The Morgan fingerprint density at radius 2 is 1.83 bits per heavy atom. The standard InChI is InChI=1S/C24H30N2O4/c1-15-24(5,20(27)14-30-15)26-22(29)19(13-23(2,3)4)25-21(28)18-12-8-10-16-9-6-7-11-17(16)18/h6-12,15,19H,13-14H2,1-5H3,(H,25,28)(H,26,29)/t15-,19?,24-/m1/s1. The molecular formula is C24H30N2O4. The van der Waals surface area contributed by atoms with Crippen molar-refractivity contribution >= 4 is 28.4 Å². The van der Waals surface area contributed by atoms with Crippen LogP contribution in [-0.2, 0) is 14.3 Å². The van der Waals surface area contributed by atoms with Crippen LogP contribution >= 0.6 is 0 Å². The lowest BCUT2D eigenvalue weighted by molar-refractivity contribution is -0.131. The van der Waals surface area contributed by atoms with E-state index in [-0.39, 0.29) is 29.6 Å². The van der Waals surface area contributed by atoms with Gasteiger partial charge < -0.3 is 15.4 Å². The lowest BCUT2D eigenvalue weighted by Crippen LogP contribution is -2.60. The summed E-state index contributed by atoms with van der Waals surface area (Å²) < 4.78 is 5.41. The van der Waals surface area contributed by atoms with Crippen molar-refractivity contribution < 1.29 is 19.1 Å². The molecule has 160 valence electrons. The van der Waals surface area contributed by atoms with Gasteiger partial charge in [-0.15, -0.1) is 0 Å². The second kappa shape index (κ2) is 8.19. The van der Waals surface area contributed by atoms with Crippen molar-refractivity contribution in [2.45, 2.75) is 58.7 Å². The number of amides is 2. The molecule has 2 aromatic rings. The highest BCUT2D eigenvalue weighted by molar-refractivity contribution is 6.08. The van der Waals surface area contributed by atoms with E-state index >= 15 is 0 Å². The Bertz CT molecular complexity index is 973. The van der Waals surface area contributed by atoms with Gasteiger partial charge in [-0.25, -0.2) is 0 Å². The van der Waals surface area contributed by atoms with Crippen molar-refractivity contribution in [3.63, 3.8) is 0 Å². The van der Waals surface area contributed by atoms with Crippen molar-refractivity contribution in [3.05, 3.63) is 48.0 Å². The lowest BCUT2D eigenvalue weighted by atomic mass is 9.86. The summed E-state index contributed by atoms with van der Waals surface area (Å²) in [7, 11) is 0. The van der Waals surface area contributed by atoms with Crippen LogP contribution in [0, 0.1) is 5.41 Å². The van der Waals surface area contributed by atoms with E-state index in [0.29, 0.717) is 12.0 Å². The molecule has 0 saturated carbocycles. The maximum Gasteiger partial charge on any atom is 0.252 e. The van der Waals surface area contributed by atoms with Crippen molar-refractivity contribution in [1.82, 2.24) is 10.6 Å². The third kappa shape index (κ3) is 4.54. The lowest BCUT2D eigenvalue weighted by Gasteiger charge is -2.32. The van der Waals surface area contributed by atoms with Gasteiger partial charge in [0.25, 0.3) is 5.91 Å². The van der Waals surface area contributed by atoms with Crippen LogP contribution in [0.4, 0.5) is 0 Å². The van der Waals surface area contributed by atoms with Crippen molar-refractivity contribution in [3.8, 4) is 0 Å². The van der Waals surface area contributed by atoms with E-state index in [1.807, 2.05) is 57.2 Å². The topological polar surface area (TPSA) is 84.5 Å². The zero-order valence-corrected chi connectivity index (χ0v) is 18.2. The van der Waals surface area contributed by atoms with Gasteiger partial charge in [0, 0.05) is 5.56 Å². The minimum atomic E-state index is -1.10. The Morgan fingerprint density at radius 3 is 2.47 bits per heavy atom. The number of fused-ring (bicyclic) bond motifs is 1. The highest BCUT2D eigenvalue weighted by atomic mass is 16.5. The van der Waals surface area contributed by atoms with Crippen LogP contribution in [-0.4, -0.2) is 41.9 Å². The second-order valence-electron chi connectivity index (χ2n) is 9.39. The average Bonchev–Trinajstić information content (AvgIpc) is 2.93. The molecule has 0 bridgehead atoms. The first-order chi connectivity index (χ1) is 14.0. The van der Waals surface area contributed by atoms with E-state index in [0.717, 1.165) is 10.8 Å². The molecule has 0 aliphatic carbocycles. The average molecular weight is 411 g/mol. The second-order valence-corrected chi connectivity index (χ2v) is 9.39. The van der Waals surface area contributed by atoms with Crippen LogP contribution in [0.25, 0.3) is 10.8 Å². The van der Waals surface area contributed by atoms with E-state index in [2.05, 4.69) is 10.6 Å². The summed E-state index contributed by atoms with van der Waals surface area (Å²) >= 11 is 0. The molecule has 1 heterocycles. The molecule has 6 heteroatoms. The third-order valence-electron chi connectivity index (χ3n) is 5.71. The number of hydrogen-bond acceptors (Lipinski definition) is 4. The van der Waals surface area contributed by atoms with Gasteiger partial charge in [0.15, 0.2) is 5.78 Å². The molecule has 2 aromatic carbocycles. The Labute approximate surface area is 177 Å². The van der Waals surface area contributed by atoms with Gasteiger partial charge in [0.05, 0.1) is 6.10 Å². The molecule has 6 nitrogen and oxygen atoms in total. The van der Waals surface area contributed by atoms with Gasteiger partial charge in [-0.2, -0.15) is 0 Å². The number of ether oxygens (including phenoxy) is 1. The fourth-order valence-corrected chi connectivity index (χ4v) is 3.74. The van der Waals surface area contributed by atoms with Crippen LogP contribution < -0.4 is 10.6 Å². The van der Waals surface area contributed by atoms with Crippen LogP contribution in [0.5, 0.6) is 0 Å². The van der Waals surface area contributed by atoms with Gasteiger partial charge in [0.1, 0.15) is 18.2 Å². The van der Waals surface area contributed by atoms with Gasteiger partial charge in [-0.1, -0.05) is 57.2 Å². The van der Waals surface area contributed by atoms with Crippen molar-refractivity contribution in [2.24, 2.45) is 5.41 Å². The maximum absolute atomic E-state index is 13.2. The summed E-state index contributed by atoms with van der Waals surface area (Å²) in [6.45, 7) is 9.43. The molecule has 2 N–H and O–H groups in total.